The van der Waals surface area contributed by atoms with E-state index >= 15 is 0 Å². The van der Waals surface area contributed by atoms with Crippen LogP contribution in [0.4, 0.5) is 0 Å². The second-order valence-electron chi connectivity index (χ2n) is 14.0. The number of nitrogens with zero attached hydrogens (tertiary/aromatic N) is 3. The van der Waals surface area contributed by atoms with Crippen LogP contribution in [0, 0.1) is 0 Å². The van der Waals surface area contributed by atoms with Crippen molar-refractivity contribution >= 4 is 43.9 Å². The SMILES string of the molecule is c1ccc(-c2nc(-c3cc(-c4cccc5c4oc4ccccc45)cc(-c4cccc5c4oc4ccccc45)c3)cc(-c3ccccc3-c3cccnc3)n2)cc1. The maximum absolute atomic E-state index is 6.60. The minimum atomic E-state index is 0.643. The monoisotopic (exact) mass is 717 g/mol. The Kier molecular flexibility index (Phi) is 7.42. The molecule has 262 valence electrons. The lowest BCUT2D eigenvalue weighted by Gasteiger charge is -2.15. The Balaban J connectivity index is 1.19. The molecule has 0 saturated heterocycles. The number of furan rings is 2. The van der Waals surface area contributed by atoms with Crippen molar-refractivity contribution in [2.24, 2.45) is 0 Å². The van der Waals surface area contributed by atoms with Gasteiger partial charge in [-0.2, -0.15) is 0 Å². The fourth-order valence-corrected chi connectivity index (χ4v) is 7.97. The lowest BCUT2D eigenvalue weighted by atomic mass is 9.92. The molecule has 0 aliphatic rings. The van der Waals surface area contributed by atoms with Gasteiger partial charge < -0.3 is 8.83 Å². The predicted molar refractivity (Wildman–Crippen MR) is 227 cm³/mol. The summed E-state index contributed by atoms with van der Waals surface area (Å²) >= 11 is 0. The summed E-state index contributed by atoms with van der Waals surface area (Å²) < 4.78 is 13.2. The average molecular weight is 718 g/mol. The largest absolute Gasteiger partial charge is 0.455 e. The number of aromatic nitrogens is 3. The fourth-order valence-electron chi connectivity index (χ4n) is 7.97. The molecule has 7 aromatic carbocycles. The van der Waals surface area contributed by atoms with Crippen molar-refractivity contribution in [3.63, 3.8) is 0 Å². The quantitative estimate of drug-likeness (QED) is 0.171. The van der Waals surface area contributed by atoms with Crippen LogP contribution in [-0.2, 0) is 0 Å². The van der Waals surface area contributed by atoms with Gasteiger partial charge in [0.05, 0.1) is 11.4 Å². The van der Waals surface area contributed by atoms with Crippen molar-refractivity contribution in [2.45, 2.75) is 0 Å². The summed E-state index contributed by atoms with van der Waals surface area (Å²) in [6.07, 6.45) is 3.69. The van der Waals surface area contributed by atoms with Crippen molar-refractivity contribution in [2.75, 3.05) is 0 Å². The van der Waals surface area contributed by atoms with Crippen LogP contribution in [-0.4, -0.2) is 15.0 Å². The van der Waals surface area contributed by atoms with Gasteiger partial charge in [0.2, 0.25) is 0 Å². The van der Waals surface area contributed by atoms with Crippen LogP contribution in [0.3, 0.4) is 0 Å². The topological polar surface area (TPSA) is 65.0 Å². The molecule has 0 atom stereocenters. The number of pyridine rings is 1. The van der Waals surface area contributed by atoms with Crippen molar-refractivity contribution in [3.8, 4) is 67.3 Å². The highest BCUT2D eigenvalue weighted by Crippen LogP contribution is 2.42. The highest BCUT2D eigenvalue weighted by Gasteiger charge is 2.19. The molecule has 5 nitrogen and oxygen atoms in total. The van der Waals surface area contributed by atoms with Crippen LogP contribution in [0.15, 0.2) is 197 Å². The molecule has 4 heterocycles. The van der Waals surface area contributed by atoms with Crippen molar-refractivity contribution in [1.29, 1.82) is 0 Å². The van der Waals surface area contributed by atoms with Crippen LogP contribution in [0.25, 0.3) is 111 Å². The van der Waals surface area contributed by atoms with E-state index in [1.165, 1.54) is 0 Å². The maximum Gasteiger partial charge on any atom is 0.160 e. The van der Waals surface area contributed by atoms with E-state index in [1.54, 1.807) is 6.20 Å². The Labute approximate surface area is 322 Å². The molecule has 56 heavy (non-hydrogen) atoms. The second kappa shape index (κ2) is 13.0. The molecular weight excluding hydrogens is 687 g/mol. The van der Waals surface area contributed by atoms with Gasteiger partial charge in [0.1, 0.15) is 22.3 Å². The van der Waals surface area contributed by atoms with Gasteiger partial charge >= 0.3 is 0 Å². The number of benzene rings is 7. The maximum atomic E-state index is 6.60. The van der Waals surface area contributed by atoms with Crippen molar-refractivity contribution < 1.29 is 8.83 Å². The Hall–Kier alpha value is -7.63. The first-order chi connectivity index (χ1) is 27.7. The summed E-state index contributed by atoms with van der Waals surface area (Å²) in [6, 6.07) is 60.6. The highest BCUT2D eigenvalue weighted by molar-refractivity contribution is 6.11. The molecule has 0 aliphatic heterocycles. The Morgan fingerprint density at radius 2 is 0.857 bits per heavy atom. The Bertz CT molecular complexity index is 3120. The first-order valence-corrected chi connectivity index (χ1v) is 18.7. The number of para-hydroxylation sites is 4. The van der Waals surface area contributed by atoms with Gasteiger partial charge in [-0.05, 0) is 59.2 Å². The molecule has 11 aromatic rings. The average Bonchev–Trinajstić information content (AvgIpc) is 3.85. The van der Waals surface area contributed by atoms with E-state index in [2.05, 4.69) is 132 Å². The summed E-state index contributed by atoms with van der Waals surface area (Å²) in [7, 11) is 0. The smallest absolute Gasteiger partial charge is 0.160 e. The minimum absolute atomic E-state index is 0.643. The standard InChI is InChI=1S/C51H31N3O2/c1-2-13-32(14-3-1)51-53-45(30-46(54-51)40-17-5-4-16-37(40)33-15-12-26-52-31-33)36-28-34(38-20-10-22-43-41-18-6-8-24-47(41)55-49(38)43)27-35(29-36)39-21-11-23-44-42-19-7-9-25-48(42)56-50(39)44/h1-31H. The molecule has 0 bridgehead atoms. The summed E-state index contributed by atoms with van der Waals surface area (Å²) in [6.45, 7) is 0. The van der Waals surface area contributed by atoms with Gasteiger partial charge in [0.25, 0.3) is 0 Å². The van der Waals surface area contributed by atoms with Crippen LogP contribution in [0.1, 0.15) is 0 Å². The van der Waals surface area contributed by atoms with E-state index in [-0.39, 0.29) is 0 Å². The van der Waals surface area contributed by atoms with Gasteiger partial charge in [-0.3, -0.25) is 4.98 Å². The zero-order valence-corrected chi connectivity index (χ0v) is 30.1. The van der Waals surface area contributed by atoms with Gasteiger partial charge in [-0.25, -0.2) is 9.97 Å². The minimum Gasteiger partial charge on any atom is -0.455 e. The third-order valence-corrected chi connectivity index (χ3v) is 10.6. The zero-order valence-electron chi connectivity index (χ0n) is 30.1. The molecular formula is C51H31N3O2. The summed E-state index contributed by atoms with van der Waals surface area (Å²) in [5, 5.41) is 4.33. The van der Waals surface area contributed by atoms with Crippen LogP contribution < -0.4 is 0 Å². The summed E-state index contributed by atoms with van der Waals surface area (Å²) in [5.41, 5.74) is 14.0. The van der Waals surface area contributed by atoms with Crippen molar-refractivity contribution in [3.05, 3.63) is 188 Å². The molecule has 0 saturated carbocycles. The number of hydrogen-bond donors (Lipinski definition) is 0. The fraction of sp³-hybridized carbons (Fsp3) is 0. The predicted octanol–water partition coefficient (Wildman–Crippen LogP) is 13.7. The molecule has 4 aromatic heterocycles. The number of fused-ring (bicyclic) bond motifs is 6. The second-order valence-corrected chi connectivity index (χ2v) is 14.0. The molecule has 0 radical (unpaired) electrons. The lowest BCUT2D eigenvalue weighted by Crippen LogP contribution is -1.97. The molecule has 5 heteroatoms. The normalized spacial score (nSPS) is 11.6. The number of hydrogen-bond acceptors (Lipinski definition) is 5. The van der Waals surface area contributed by atoms with Gasteiger partial charge in [-0.1, -0.05) is 133 Å². The van der Waals surface area contributed by atoms with Crippen LogP contribution in [0.5, 0.6) is 0 Å². The van der Waals surface area contributed by atoms with Gasteiger partial charge in [0.15, 0.2) is 5.82 Å². The van der Waals surface area contributed by atoms with Gasteiger partial charge in [-0.15, -0.1) is 0 Å². The van der Waals surface area contributed by atoms with Crippen molar-refractivity contribution in [1.82, 2.24) is 15.0 Å². The van der Waals surface area contributed by atoms with Gasteiger partial charge in [0, 0.05) is 67.3 Å². The first kappa shape index (κ1) is 31.9. The third-order valence-electron chi connectivity index (χ3n) is 10.6. The van der Waals surface area contributed by atoms with E-state index < -0.39 is 0 Å². The number of rotatable bonds is 6. The molecule has 0 N–H and O–H groups in total. The molecule has 0 aliphatic carbocycles. The molecule has 0 spiro atoms. The third kappa shape index (κ3) is 5.37. The molecule has 0 unspecified atom stereocenters. The molecule has 11 rings (SSSR count). The highest BCUT2D eigenvalue weighted by atomic mass is 16.3. The molecule has 0 fully saturated rings. The Morgan fingerprint density at radius 1 is 0.339 bits per heavy atom. The summed E-state index contributed by atoms with van der Waals surface area (Å²) in [4.78, 5) is 14.9. The zero-order chi connectivity index (χ0) is 37.0. The first-order valence-electron chi connectivity index (χ1n) is 18.7. The lowest BCUT2D eigenvalue weighted by molar-refractivity contribution is 0.670. The summed E-state index contributed by atoms with van der Waals surface area (Å²) in [5.74, 6) is 0.643. The van der Waals surface area contributed by atoms with Crippen LogP contribution >= 0.6 is 0 Å². The van der Waals surface area contributed by atoms with E-state index in [0.29, 0.717) is 5.82 Å². The Morgan fingerprint density at radius 3 is 1.50 bits per heavy atom. The van der Waals surface area contributed by atoms with E-state index in [9.17, 15) is 0 Å². The van der Waals surface area contributed by atoms with E-state index in [0.717, 1.165) is 105 Å². The molecule has 0 amide bonds. The van der Waals surface area contributed by atoms with E-state index in [4.69, 9.17) is 18.8 Å². The van der Waals surface area contributed by atoms with Crippen LogP contribution in [0.2, 0.25) is 0 Å². The van der Waals surface area contributed by atoms with E-state index in [1.807, 2.05) is 54.7 Å².